The Morgan fingerprint density at radius 1 is 0.829 bits per heavy atom. The van der Waals surface area contributed by atoms with E-state index < -0.39 is 94.3 Å². The molecule has 5 atom stereocenters. The Kier molecular flexibility index (Phi) is 20.8. The van der Waals surface area contributed by atoms with E-state index in [1.165, 1.54) is 16.0 Å². The standard InChI is InChI=1S/C53H80FN7O9/c1-34(2)28-42(58-50(67)70-51(5,6)7)40(54)30-38(29-36-20-14-12-15-21-36)48(65)60-27-19-25-43(60)46(63)59-44(35(3)4)47(64)57-41(24-18-26-55-49(66)69-33-37-22-16-13-17-23-37)45(62)56-39-31-52(8,9)61(68)53(10,11)32-39/h12-17,20-23,30,34-35,38-39,41-44,68H,18-19,24-29,31-33H2,1-11H3,(H,55,66)(H,56,62)(H,57,64)(H,58,67)(H,59,63)/t38-,41-,42-,43-,44-/m0/s1. The van der Waals surface area contributed by atoms with Crippen molar-refractivity contribution in [2.45, 2.75) is 181 Å². The van der Waals surface area contributed by atoms with Gasteiger partial charge in [0.1, 0.15) is 36.2 Å². The first kappa shape index (κ1) is 57.0. The maximum atomic E-state index is 16.5. The van der Waals surface area contributed by atoms with Gasteiger partial charge in [-0.2, -0.15) is 5.06 Å². The quantitative estimate of drug-likeness (QED) is 0.0680. The number of carbonyl (C=O) groups excluding carboxylic acids is 6. The molecule has 2 aliphatic rings. The minimum atomic E-state index is -1.12. The number of ether oxygens (including phenoxy) is 2. The average Bonchev–Trinajstić information content (AvgIpc) is 3.77. The van der Waals surface area contributed by atoms with Crippen LogP contribution >= 0.6 is 0 Å². The molecule has 0 spiro atoms. The molecule has 4 rings (SSSR count). The predicted octanol–water partition coefficient (Wildman–Crippen LogP) is 7.49. The van der Waals surface area contributed by atoms with E-state index >= 15 is 4.39 Å². The summed E-state index contributed by atoms with van der Waals surface area (Å²) in [5.74, 6) is -4.32. The molecule has 2 saturated heterocycles. The third-order valence-corrected chi connectivity index (χ3v) is 12.6. The second-order valence-corrected chi connectivity index (χ2v) is 21.8. The lowest BCUT2D eigenvalue weighted by Gasteiger charge is -2.51. The van der Waals surface area contributed by atoms with Gasteiger partial charge in [0.05, 0.1) is 12.0 Å². The molecular formula is C53H80FN7O9. The second kappa shape index (κ2) is 25.5. The Balaban J connectivity index is 1.52. The maximum Gasteiger partial charge on any atom is 0.408 e. The van der Waals surface area contributed by atoms with Crippen LogP contribution in [0.25, 0.3) is 0 Å². The Bertz CT molecular complexity index is 2080. The summed E-state index contributed by atoms with van der Waals surface area (Å²) < 4.78 is 27.2. The molecule has 0 aliphatic carbocycles. The van der Waals surface area contributed by atoms with E-state index in [1.54, 1.807) is 34.6 Å². The number of nitrogens with one attached hydrogen (secondary N) is 5. The number of amides is 6. The molecule has 6 amide bonds. The highest BCUT2D eigenvalue weighted by Gasteiger charge is 2.46. The first-order valence-corrected chi connectivity index (χ1v) is 24.8. The molecule has 0 saturated carbocycles. The highest BCUT2D eigenvalue weighted by Crippen LogP contribution is 2.37. The average molecular weight is 978 g/mol. The summed E-state index contributed by atoms with van der Waals surface area (Å²) in [7, 11) is 0. The van der Waals surface area contributed by atoms with Gasteiger partial charge in [0, 0.05) is 30.2 Å². The van der Waals surface area contributed by atoms with Crippen LogP contribution in [0.15, 0.2) is 72.6 Å². The zero-order valence-electron chi connectivity index (χ0n) is 43.2. The lowest BCUT2D eigenvalue weighted by Crippen LogP contribution is -2.64. The lowest BCUT2D eigenvalue weighted by molar-refractivity contribution is -0.246. The van der Waals surface area contributed by atoms with Crippen LogP contribution < -0.4 is 26.6 Å². The van der Waals surface area contributed by atoms with Gasteiger partial charge in [0.25, 0.3) is 0 Å². The minimum absolute atomic E-state index is 0.0204. The van der Waals surface area contributed by atoms with Crippen LogP contribution in [0.2, 0.25) is 0 Å². The summed E-state index contributed by atoms with van der Waals surface area (Å²) in [6.45, 7) is 20.4. The highest BCUT2D eigenvalue weighted by atomic mass is 19.1. The van der Waals surface area contributed by atoms with Crippen molar-refractivity contribution >= 4 is 35.8 Å². The number of hydrogen-bond acceptors (Lipinski definition) is 10. The van der Waals surface area contributed by atoms with Gasteiger partial charge in [-0.3, -0.25) is 19.2 Å². The molecule has 0 unspecified atom stereocenters. The Hall–Kier alpha value is -5.55. The molecule has 70 heavy (non-hydrogen) atoms. The van der Waals surface area contributed by atoms with Gasteiger partial charge >= 0.3 is 12.2 Å². The first-order chi connectivity index (χ1) is 32.8. The fraction of sp³-hybridized carbons (Fsp3) is 0.623. The number of alkyl carbamates (subject to hydrolysis) is 2. The normalized spacial score (nSPS) is 19.1. The van der Waals surface area contributed by atoms with E-state index in [1.807, 2.05) is 102 Å². The number of nitrogens with zero attached hydrogens (tertiary/aromatic N) is 2. The summed E-state index contributed by atoms with van der Waals surface area (Å²) in [6, 6.07) is 13.8. The fourth-order valence-electron chi connectivity index (χ4n) is 9.33. The van der Waals surface area contributed by atoms with E-state index in [4.69, 9.17) is 9.47 Å². The van der Waals surface area contributed by atoms with Crippen molar-refractivity contribution < 1.29 is 47.8 Å². The van der Waals surface area contributed by atoms with Crippen molar-refractivity contribution in [1.82, 2.24) is 36.5 Å². The van der Waals surface area contributed by atoms with Gasteiger partial charge in [-0.15, -0.1) is 0 Å². The molecule has 17 heteroatoms. The first-order valence-electron chi connectivity index (χ1n) is 24.8. The zero-order valence-corrected chi connectivity index (χ0v) is 43.2. The van der Waals surface area contributed by atoms with Crippen LogP contribution in [0.5, 0.6) is 0 Å². The topological polar surface area (TPSA) is 208 Å². The van der Waals surface area contributed by atoms with Crippen molar-refractivity contribution in [3.8, 4) is 0 Å². The number of benzene rings is 2. The van der Waals surface area contributed by atoms with Crippen molar-refractivity contribution in [2.24, 2.45) is 17.8 Å². The van der Waals surface area contributed by atoms with Crippen LogP contribution in [-0.4, -0.2) is 111 Å². The second-order valence-electron chi connectivity index (χ2n) is 21.8. The summed E-state index contributed by atoms with van der Waals surface area (Å²) in [5.41, 5.74) is -0.543. The molecule has 2 heterocycles. The van der Waals surface area contributed by atoms with Gasteiger partial charge in [0.2, 0.25) is 23.6 Å². The largest absolute Gasteiger partial charge is 0.445 e. The molecular weight excluding hydrogens is 898 g/mol. The predicted molar refractivity (Wildman–Crippen MR) is 266 cm³/mol. The molecule has 388 valence electrons. The molecule has 2 aromatic carbocycles. The van der Waals surface area contributed by atoms with Crippen molar-refractivity contribution in [2.75, 3.05) is 13.1 Å². The zero-order chi connectivity index (χ0) is 52.0. The van der Waals surface area contributed by atoms with Crippen molar-refractivity contribution in [3.05, 3.63) is 83.7 Å². The number of piperidine rings is 1. The van der Waals surface area contributed by atoms with Gasteiger partial charge in [-0.25, -0.2) is 14.0 Å². The molecule has 6 N–H and O–H groups in total. The SMILES string of the molecule is CC(C)C[C@H](NC(=O)OC(C)(C)C)C(F)=C[C@H](Cc1ccccc1)C(=O)N1CCC[C@H]1C(=O)N[C@H](C(=O)N[C@@H](CCCNC(=O)OCc1ccccc1)C(=O)NC1CC(C)(C)N(O)C(C)(C)C1)C(C)C. The number of hydrogen-bond donors (Lipinski definition) is 6. The van der Waals surface area contributed by atoms with Crippen LogP contribution in [0.4, 0.5) is 14.0 Å². The summed E-state index contributed by atoms with van der Waals surface area (Å²) >= 11 is 0. The Morgan fingerprint density at radius 2 is 1.43 bits per heavy atom. The molecule has 2 fully saturated rings. The van der Waals surface area contributed by atoms with Gasteiger partial charge in [-0.05, 0) is 129 Å². The monoisotopic (exact) mass is 978 g/mol. The molecule has 0 radical (unpaired) electrons. The van der Waals surface area contributed by atoms with Crippen LogP contribution in [-0.2, 0) is 41.7 Å². The summed E-state index contributed by atoms with van der Waals surface area (Å²) in [5, 5.41) is 26.4. The number of hydroxylamine groups is 2. The van der Waals surface area contributed by atoms with Crippen molar-refractivity contribution in [1.29, 1.82) is 0 Å². The minimum Gasteiger partial charge on any atom is -0.445 e. The van der Waals surface area contributed by atoms with E-state index in [-0.39, 0.29) is 57.3 Å². The molecule has 2 aliphatic heterocycles. The molecule has 2 aromatic rings. The summed E-state index contributed by atoms with van der Waals surface area (Å²) in [4.78, 5) is 84.1. The Labute approximate surface area is 414 Å². The number of rotatable bonds is 21. The third-order valence-electron chi connectivity index (χ3n) is 12.6. The molecule has 0 bridgehead atoms. The fourth-order valence-corrected chi connectivity index (χ4v) is 9.33. The summed E-state index contributed by atoms with van der Waals surface area (Å²) in [6.07, 6.45) is 2.26. The third kappa shape index (κ3) is 17.7. The van der Waals surface area contributed by atoms with Crippen molar-refractivity contribution in [3.63, 3.8) is 0 Å². The smallest absolute Gasteiger partial charge is 0.408 e. The Morgan fingerprint density at radius 3 is 2.00 bits per heavy atom. The number of halogens is 1. The van der Waals surface area contributed by atoms with Gasteiger partial charge in [0.15, 0.2) is 0 Å². The van der Waals surface area contributed by atoms with E-state index in [2.05, 4.69) is 26.6 Å². The van der Waals surface area contributed by atoms with E-state index in [0.29, 0.717) is 25.7 Å². The van der Waals surface area contributed by atoms with E-state index in [9.17, 15) is 34.0 Å². The highest BCUT2D eigenvalue weighted by molar-refractivity contribution is 5.95. The number of carbonyl (C=O) groups is 6. The van der Waals surface area contributed by atoms with Gasteiger partial charge < -0.3 is 46.2 Å². The maximum absolute atomic E-state index is 16.5. The van der Waals surface area contributed by atoms with Gasteiger partial charge in [-0.1, -0.05) is 88.4 Å². The molecule has 16 nitrogen and oxygen atoms in total. The van der Waals surface area contributed by atoms with E-state index in [0.717, 1.165) is 11.1 Å². The van der Waals surface area contributed by atoms with Crippen LogP contribution in [0, 0.1) is 17.8 Å². The number of likely N-dealkylation sites (tertiary alicyclic amines) is 1. The van der Waals surface area contributed by atoms with Crippen LogP contribution in [0.1, 0.15) is 132 Å². The molecule has 0 aromatic heterocycles. The van der Waals surface area contributed by atoms with Crippen LogP contribution in [0.3, 0.4) is 0 Å². The lowest BCUT2D eigenvalue weighted by atomic mass is 9.79.